The molecule has 0 atom stereocenters. The summed E-state index contributed by atoms with van der Waals surface area (Å²) >= 11 is 0. The van der Waals surface area contributed by atoms with Crippen molar-refractivity contribution in [1.82, 2.24) is 0 Å². The Balaban J connectivity index is 1.02. The Hall–Kier alpha value is -6.50. The van der Waals surface area contributed by atoms with Gasteiger partial charge >= 0.3 is 0 Å². The Morgan fingerprint density at radius 2 is 0.700 bits per heavy atom. The predicted octanol–water partition coefficient (Wildman–Crippen LogP) is 16.2. The van der Waals surface area contributed by atoms with Crippen LogP contribution < -0.4 is 0 Å². The lowest BCUT2D eigenvalue weighted by Crippen LogP contribution is -2.15. The van der Waals surface area contributed by atoms with E-state index in [9.17, 15) is 0 Å². The fourth-order valence-electron chi connectivity index (χ4n) is 11.8. The van der Waals surface area contributed by atoms with E-state index in [2.05, 4.69) is 212 Å². The zero-order valence-corrected chi connectivity index (χ0v) is 35.6. The lowest BCUT2D eigenvalue weighted by atomic mass is 9.79. The van der Waals surface area contributed by atoms with Crippen molar-refractivity contribution in [2.45, 2.75) is 64.7 Å². The largest absolute Gasteiger partial charge is 0.0619 e. The second-order valence-electron chi connectivity index (χ2n) is 19.3. The van der Waals surface area contributed by atoms with Gasteiger partial charge in [-0.3, -0.25) is 0 Å². The zero-order chi connectivity index (χ0) is 40.9. The van der Waals surface area contributed by atoms with Crippen molar-refractivity contribution < 1.29 is 0 Å². The lowest BCUT2D eigenvalue weighted by Gasteiger charge is -2.24. The third-order valence-electron chi connectivity index (χ3n) is 14.9. The molecule has 0 saturated carbocycles. The minimum absolute atomic E-state index is 0.0285. The van der Waals surface area contributed by atoms with Crippen LogP contribution in [0, 0.1) is 6.92 Å². The molecule has 0 amide bonds. The molecule has 0 aliphatic heterocycles. The Morgan fingerprint density at radius 1 is 0.267 bits per heavy atom. The van der Waals surface area contributed by atoms with Crippen molar-refractivity contribution in [1.29, 1.82) is 0 Å². The molecule has 0 heteroatoms. The van der Waals surface area contributed by atoms with Crippen molar-refractivity contribution in [3.8, 4) is 66.8 Å². The Morgan fingerprint density at radius 3 is 1.35 bits per heavy atom. The minimum atomic E-state index is -0.171. The highest BCUT2D eigenvalue weighted by molar-refractivity contribution is 6.23. The first-order valence-electron chi connectivity index (χ1n) is 21.7. The molecule has 0 nitrogen and oxygen atoms in total. The van der Waals surface area contributed by atoms with Crippen LogP contribution in [0.25, 0.3) is 88.3 Å². The molecule has 0 aromatic heterocycles. The summed E-state index contributed by atoms with van der Waals surface area (Å²) in [6, 6.07) is 62.9. The molecule has 9 aromatic carbocycles. The predicted molar refractivity (Wildman–Crippen MR) is 255 cm³/mol. The van der Waals surface area contributed by atoms with E-state index in [-0.39, 0.29) is 16.2 Å². The molecular formula is C60H48. The average molecular weight is 769 g/mol. The third-order valence-corrected chi connectivity index (χ3v) is 14.9. The molecule has 0 unspecified atom stereocenters. The minimum Gasteiger partial charge on any atom is -0.0619 e. The molecular weight excluding hydrogens is 721 g/mol. The van der Waals surface area contributed by atoms with Gasteiger partial charge in [-0.15, -0.1) is 0 Å². The molecule has 9 aromatic rings. The van der Waals surface area contributed by atoms with Gasteiger partial charge in [-0.1, -0.05) is 193 Å². The van der Waals surface area contributed by atoms with Gasteiger partial charge in [0.15, 0.2) is 0 Å². The second-order valence-corrected chi connectivity index (χ2v) is 19.3. The summed E-state index contributed by atoms with van der Waals surface area (Å²) in [7, 11) is 0. The molecule has 12 rings (SSSR count). The quantitative estimate of drug-likeness (QED) is 0.157. The van der Waals surface area contributed by atoms with Crippen LogP contribution in [0.15, 0.2) is 164 Å². The van der Waals surface area contributed by atoms with Crippen molar-refractivity contribution in [3.63, 3.8) is 0 Å². The summed E-state index contributed by atoms with van der Waals surface area (Å²) in [5.41, 5.74) is 25.4. The summed E-state index contributed by atoms with van der Waals surface area (Å²) in [6.07, 6.45) is 0. The second kappa shape index (κ2) is 12.0. The van der Waals surface area contributed by atoms with E-state index in [1.165, 1.54) is 127 Å². The van der Waals surface area contributed by atoms with Crippen molar-refractivity contribution in [2.24, 2.45) is 0 Å². The molecule has 288 valence electrons. The highest BCUT2D eigenvalue weighted by atomic mass is 14.4. The van der Waals surface area contributed by atoms with Gasteiger partial charge in [0.25, 0.3) is 0 Å². The lowest BCUT2D eigenvalue weighted by molar-refractivity contribution is 0.659. The highest BCUT2D eigenvalue weighted by Crippen LogP contribution is 2.56. The van der Waals surface area contributed by atoms with Crippen molar-refractivity contribution in [3.05, 3.63) is 203 Å². The van der Waals surface area contributed by atoms with Crippen LogP contribution >= 0.6 is 0 Å². The fraction of sp³-hybridized carbons (Fsp3) is 0.167. The first-order valence-corrected chi connectivity index (χ1v) is 21.7. The Kier molecular flexibility index (Phi) is 7.12. The number of aryl methyl sites for hydroxylation is 1. The number of fused-ring (bicyclic) bond motifs is 11. The normalized spacial score (nSPS) is 15.7. The van der Waals surface area contributed by atoms with Gasteiger partial charge in [-0.05, 0) is 147 Å². The molecule has 3 aliphatic carbocycles. The van der Waals surface area contributed by atoms with Crippen molar-refractivity contribution >= 4 is 21.5 Å². The number of benzene rings is 9. The molecule has 0 N–H and O–H groups in total. The summed E-state index contributed by atoms with van der Waals surface area (Å²) < 4.78 is 0. The van der Waals surface area contributed by atoms with Crippen LogP contribution in [0.3, 0.4) is 0 Å². The average Bonchev–Trinajstić information content (AvgIpc) is 3.74. The van der Waals surface area contributed by atoms with Crippen LogP contribution in [0.5, 0.6) is 0 Å². The van der Waals surface area contributed by atoms with Gasteiger partial charge < -0.3 is 0 Å². The van der Waals surface area contributed by atoms with Gasteiger partial charge in [0, 0.05) is 16.2 Å². The van der Waals surface area contributed by atoms with Crippen LogP contribution in [0.2, 0.25) is 0 Å². The Bertz CT molecular complexity index is 3350. The van der Waals surface area contributed by atoms with Gasteiger partial charge in [0.2, 0.25) is 0 Å². The van der Waals surface area contributed by atoms with Gasteiger partial charge in [-0.2, -0.15) is 0 Å². The van der Waals surface area contributed by atoms with E-state index in [0.717, 1.165) is 0 Å². The standard InChI is InChI=1S/C60H48/c1-35-23-27-45-48(31-35)56(47-19-14-22-51-57(47)46-18-11-13-21-50(46)58(51,2)3)44-17-9-8-16-43(44)55(45)38-26-30-42-41-29-25-37(33-53(41)60(6,7)54(42)34-38)36-24-28-40-39-15-10-12-20-49(39)59(4,5)52(40)32-36/h8-34H,1-7H3. The maximum Gasteiger partial charge on any atom is 0.0159 e. The number of hydrogen-bond acceptors (Lipinski definition) is 0. The van der Waals surface area contributed by atoms with Crippen LogP contribution in [0.4, 0.5) is 0 Å². The molecule has 0 fully saturated rings. The molecule has 0 radical (unpaired) electrons. The first kappa shape index (κ1) is 35.4. The smallest absolute Gasteiger partial charge is 0.0159 e. The van der Waals surface area contributed by atoms with Gasteiger partial charge in [-0.25, -0.2) is 0 Å². The van der Waals surface area contributed by atoms with E-state index < -0.39 is 0 Å². The maximum absolute atomic E-state index is 2.52. The molecule has 0 spiro atoms. The van der Waals surface area contributed by atoms with Crippen LogP contribution in [-0.2, 0) is 16.2 Å². The van der Waals surface area contributed by atoms with Gasteiger partial charge in [0.1, 0.15) is 0 Å². The molecule has 0 bridgehead atoms. The highest BCUT2D eigenvalue weighted by Gasteiger charge is 2.39. The van der Waals surface area contributed by atoms with E-state index in [1.807, 2.05) is 0 Å². The number of hydrogen-bond donors (Lipinski definition) is 0. The molecule has 0 heterocycles. The fourth-order valence-corrected chi connectivity index (χ4v) is 11.8. The van der Waals surface area contributed by atoms with Crippen molar-refractivity contribution in [2.75, 3.05) is 0 Å². The molecule has 0 saturated heterocycles. The van der Waals surface area contributed by atoms with E-state index in [0.29, 0.717) is 0 Å². The summed E-state index contributed by atoms with van der Waals surface area (Å²) in [5, 5.41) is 5.21. The van der Waals surface area contributed by atoms with Gasteiger partial charge in [0.05, 0.1) is 0 Å². The maximum atomic E-state index is 2.52. The topological polar surface area (TPSA) is 0 Å². The summed E-state index contributed by atoms with van der Waals surface area (Å²) in [6.45, 7) is 16.6. The molecule has 3 aliphatic rings. The SMILES string of the molecule is Cc1ccc2c(-c3ccc4c(c3)C(C)(C)c3cc(-c5ccc6c(c5)C(C)(C)c5ccccc5-6)ccc3-4)c3ccccc3c(-c3cccc4c3-c3ccccc3C4(C)C)c2c1. The van der Waals surface area contributed by atoms with Crippen LogP contribution in [-0.4, -0.2) is 0 Å². The molecule has 60 heavy (non-hydrogen) atoms. The monoisotopic (exact) mass is 768 g/mol. The third kappa shape index (κ3) is 4.63. The van der Waals surface area contributed by atoms with Crippen LogP contribution in [0.1, 0.15) is 80.5 Å². The zero-order valence-electron chi connectivity index (χ0n) is 35.6. The first-order chi connectivity index (χ1) is 28.9. The Labute approximate surface area is 354 Å². The van der Waals surface area contributed by atoms with E-state index in [4.69, 9.17) is 0 Å². The van der Waals surface area contributed by atoms with E-state index in [1.54, 1.807) is 0 Å². The number of rotatable bonds is 3. The summed E-state index contributed by atoms with van der Waals surface area (Å²) in [4.78, 5) is 0. The van der Waals surface area contributed by atoms with E-state index >= 15 is 0 Å². The summed E-state index contributed by atoms with van der Waals surface area (Å²) in [5.74, 6) is 0.